The standard InChI is InChI=1S/C10H21NO3S/c1-3-9(2)14-15(12,13)11-10-7-5-4-6-8-10/h9-11H,3-8H2,1-2H3. The van der Waals surface area contributed by atoms with Crippen LogP contribution in [0.15, 0.2) is 0 Å². The van der Waals surface area contributed by atoms with Gasteiger partial charge in [0.2, 0.25) is 0 Å². The molecule has 1 fully saturated rings. The van der Waals surface area contributed by atoms with Crippen LogP contribution in [-0.2, 0) is 14.5 Å². The molecule has 0 bridgehead atoms. The van der Waals surface area contributed by atoms with Gasteiger partial charge in [-0.2, -0.15) is 13.1 Å². The van der Waals surface area contributed by atoms with Gasteiger partial charge in [-0.3, -0.25) is 4.18 Å². The van der Waals surface area contributed by atoms with Crippen LogP contribution in [0.5, 0.6) is 0 Å². The Hall–Kier alpha value is -0.130. The van der Waals surface area contributed by atoms with E-state index in [4.69, 9.17) is 4.18 Å². The van der Waals surface area contributed by atoms with Gasteiger partial charge in [-0.15, -0.1) is 0 Å². The second kappa shape index (κ2) is 5.82. The van der Waals surface area contributed by atoms with Crippen molar-refractivity contribution in [3.8, 4) is 0 Å². The fraction of sp³-hybridized carbons (Fsp3) is 1.00. The highest BCUT2D eigenvalue weighted by molar-refractivity contribution is 7.84. The maximum atomic E-state index is 11.5. The topological polar surface area (TPSA) is 55.4 Å². The third kappa shape index (κ3) is 4.95. The van der Waals surface area contributed by atoms with Crippen molar-refractivity contribution in [1.29, 1.82) is 0 Å². The lowest BCUT2D eigenvalue weighted by Crippen LogP contribution is -2.38. The van der Waals surface area contributed by atoms with Gasteiger partial charge in [0.25, 0.3) is 0 Å². The Morgan fingerprint density at radius 3 is 2.47 bits per heavy atom. The average Bonchev–Trinajstić information content (AvgIpc) is 2.17. The first-order valence-corrected chi connectivity index (χ1v) is 7.15. The number of hydrogen-bond donors (Lipinski definition) is 1. The molecule has 1 rings (SSSR count). The van der Waals surface area contributed by atoms with Crippen LogP contribution in [0.1, 0.15) is 52.4 Å². The number of nitrogens with one attached hydrogen (secondary N) is 1. The Balaban J connectivity index is 2.40. The van der Waals surface area contributed by atoms with Crippen LogP contribution >= 0.6 is 0 Å². The van der Waals surface area contributed by atoms with Gasteiger partial charge in [-0.05, 0) is 26.2 Å². The van der Waals surface area contributed by atoms with Crippen LogP contribution in [0.2, 0.25) is 0 Å². The number of rotatable bonds is 5. The Kier molecular flexibility index (Phi) is 5.02. The van der Waals surface area contributed by atoms with Crippen LogP contribution in [0.4, 0.5) is 0 Å². The Labute approximate surface area is 92.7 Å². The largest absolute Gasteiger partial charge is 0.336 e. The molecule has 0 aromatic heterocycles. The van der Waals surface area contributed by atoms with Crippen LogP contribution < -0.4 is 4.72 Å². The summed E-state index contributed by atoms with van der Waals surface area (Å²) >= 11 is 0. The molecule has 0 amide bonds. The van der Waals surface area contributed by atoms with Crippen molar-refractivity contribution in [3.63, 3.8) is 0 Å². The summed E-state index contributed by atoms with van der Waals surface area (Å²) in [6.45, 7) is 3.67. The van der Waals surface area contributed by atoms with Crippen LogP contribution in [-0.4, -0.2) is 20.6 Å². The minimum atomic E-state index is -3.54. The predicted octanol–water partition coefficient (Wildman–Crippen LogP) is 1.97. The molecule has 90 valence electrons. The van der Waals surface area contributed by atoms with Gasteiger partial charge in [0, 0.05) is 6.04 Å². The van der Waals surface area contributed by atoms with Gasteiger partial charge in [-0.25, -0.2) is 0 Å². The van der Waals surface area contributed by atoms with Crippen molar-refractivity contribution in [3.05, 3.63) is 0 Å². The molecule has 1 saturated carbocycles. The lowest BCUT2D eigenvalue weighted by molar-refractivity contribution is 0.216. The third-order valence-electron chi connectivity index (χ3n) is 2.78. The van der Waals surface area contributed by atoms with Crippen LogP contribution in [0, 0.1) is 0 Å². The van der Waals surface area contributed by atoms with E-state index in [1.165, 1.54) is 6.42 Å². The van der Waals surface area contributed by atoms with Crippen LogP contribution in [0.25, 0.3) is 0 Å². The van der Waals surface area contributed by atoms with E-state index in [2.05, 4.69) is 4.72 Å². The van der Waals surface area contributed by atoms with Gasteiger partial charge in [0.05, 0.1) is 6.10 Å². The van der Waals surface area contributed by atoms with Crippen molar-refractivity contribution in [2.45, 2.75) is 64.5 Å². The second-order valence-corrected chi connectivity index (χ2v) is 5.56. The molecule has 4 nitrogen and oxygen atoms in total. The van der Waals surface area contributed by atoms with Crippen molar-refractivity contribution >= 4 is 10.3 Å². The first kappa shape index (κ1) is 12.9. The molecule has 1 aliphatic carbocycles. The summed E-state index contributed by atoms with van der Waals surface area (Å²) in [5.41, 5.74) is 0. The smallest absolute Gasteiger partial charge is 0.255 e. The van der Waals surface area contributed by atoms with E-state index >= 15 is 0 Å². The monoisotopic (exact) mass is 235 g/mol. The molecule has 1 atom stereocenters. The molecule has 0 heterocycles. The van der Waals surface area contributed by atoms with E-state index < -0.39 is 10.3 Å². The van der Waals surface area contributed by atoms with Gasteiger partial charge in [-0.1, -0.05) is 26.2 Å². The molecule has 15 heavy (non-hydrogen) atoms. The molecular formula is C10H21NO3S. The van der Waals surface area contributed by atoms with E-state index in [0.29, 0.717) is 6.42 Å². The Morgan fingerprint density at radius 2 is 1.93 bits per heavy atom. The quantitative estimate of drug-likeness (QED) is 0.792. The maximum Gasteiger partial charge on any atom is 0.336 e. The molecule has 1 N–H and O–H groups in total. The highest BCUT2D eigenvalue weighted by Gasteiger charge is 2.21. The van der Waals surface area contributed by atoms with Gasteiger partial charge >= 0.3 is 10.3 Å². The lowest BCUT2D eigenvalue weighted by atomic mass is 9.96. The normalized spacial score (nSPS) is 21.5. The summed E-state index contributed by atoms with van der Waals surface area (Å²) in [7, 11) is -3.54. The van der Waals surface area contributed by atoms with Gasteiger partial charge in [0.15, 0.2) is 0 Å². The molecule has 1 unspecified atom stereocenters. The summed E-state index contributed by atoms with van der Waals surface area (Å²) < 4.78 is 30.6. The van der Waals surface area contributed by atoms with Gasteiger partial charge in [0.1, 0.15) is 0 Å². The molecule has 0 radical (unpaired) electrons. The maximum absolute atomic E-state index is 11.5. The van der Waals surface area contributed by atoms with Crippen molar-refractivity contribution in [1.82, 2.24) is 4.72 Å². The Morgan fingerprint density at radius 1 is 1.33 bits per heavy atom. The highest BCUT2D eigenvalue weighted by Crippen LogP contribution is 2.18. The molecule has 0 spiro atoms. The molecule has 0 aliphatic heterocycles. The van der Waals surface area contributed by atoms with Crippen LogP contribution in [0.3, 0.4) is 0 Å². The Bertz CT molecular complexity index is 270. The molecule has 5 heteroatoms. The second-order valence-electron chi connectivity index (χ2n) is 4.22. The average molecular weight is 235 g/mol. The fourth-order valence-electron chi connectivity index (χ4n) is 1.74. The van der Waals surface area contributed by atoms with Crippen molar-refractivity contribution < 1.29 is 12.6 Å². The molecular weight excluding hydrogens is 214 g/mol. The van der Waals surface area contributed by atoms with E-state index in [1.807, 2.05) is 6.92 Å². The summed E-state index contributed by atoms with van der Waals surface area (Å²) in [6.07, 6.45) is 5.75. The predicted molar refractivity (Wildman–Crippen MR) is 59.8 cm³/mol. The first-order valence-electron chi connectivity index (χ1n) is 5.74. The highest BCUT2D eigenvalue weighted by atomic mass is 32.2. The minimum Gasteiger partial charge on any atom is -0.255 e. The molecule has 0 aromatic carbocycles. The van der Waals surface area contributed by atoms with Crippen molar-refractivity contribution in [2.75, 3.05) is 0 Å². The van der Waals surface area contributed by atoms with Gasteiger partial charge < -0.3 is 0 Å². The number of hydrogen-bond acceptors (Lipinski definition) is 3. The van der Waals surface area contributed by atoms with E-state index in [0.717, 1.165) is 25.7 Å². The lowest BCUT2D eigenvalue weighted by Gasteiger charge is -2.23. The molecule has 1 aliphatic rings. The zero-order valence-corrected chi connectivity index (χ0v) is 10.3. The summed E-state index contributed by atoms with van der Waals surface area (Å²) in [5, 5.41) is 0. The molecule has 0 aromatic rings. The van der Waals surface area contributed by atoms with E-state index in [1.54, 1.807) is 6.92 Å². The fourth-order valence-corrected chi connectivity index (χ4v) is 3.00. The summed E-state index contributed by atoms with van der Waals surface area (Å²) in [6, 6.07) is 0.0767. The SMILES string of the molecule is CCC(C)OS(=O)(=O)NC1CCCCC1. The minimum absolute atomic E-state index is 0.0767. The van der Waals surface area contributed by atoms with Crippen molar-refractivity contribution in [2.24, 2.45) is 0 Å². The van der Waals surface area contributed by atoms with E-state index in [9.17, 15) is 8.42 Å². The summed E-state index contributed by atoms with van der Waals surface area (Å²) in [4.78, 5) is 0. The third-order valence-corrected chi connectivity index (χ3v) is 3.99. The summed E-state index contributed by atoms with van der Waals surface area (Å²) in [5.74, 6) is 0. The first-order chi connectivity index (χ1) is 7.03. The van der Waals surface area contributed by atoms with E-state index in [-0.39, 0.29) is 12.1 Å². The molecule has 0 saturated heterocycles. The zero-order chi connectivity index (χ0) is 11.3. The zero-order valence-electron chi connectivity index (χ0n) is 9.53.